The summed E-state index contributed by atoms with van der Waals surface area (Å²) in [6.07, 6.45) is 4.80. The minimum Gasteiger partial charge on any atom is -0.497 e. The van der Waals surface area contributed by atoms with E-state index in [1.807, 2.05) is 23.1 Å². The fourth-order valence-electron chi connectivity index (χ4n) is 4.04. The summed E-state index contributed by atoms with van der Waals surface area (Å²) in [7, 11) is 1.62. The lowest BCUT2D eigenvalue weighted by Gasteiger charge is -2.16. The second kappa shape index (κ2) is 6.85. The lowest BCUT2D eigenvalue weighted by molar-refractivity contribution is 0.0748. The minimum atomic E-state index is -0.0674. The van der Waals surface area contributed by atoms with Crippen LogP contribution in [0.3, 0.4) is 0 Å². The number of carbonyl (C=O) groups is 1. The van der Waals surface area contributed by atoms with Crippen molar-refractivity contribution < 1.29 is 18.5 Å². The summed E-state index contributed by atoms with van der Waals surface area (Å²) in [5, 5.41) is 7.40. The van der Waals surface area contributed by atoms with Gasteiger partial charge in [0, 0.05) is 30.8 Å². The summed E-state index contributed by atoms with van der Waals surface area (Å²) in [6, 6.07) is 6.05. The van der Waals surface area contributed by atoms with Crippen LogP contribution < -0.4 is 10.1 Å². The van der Waals surface area contributed by atoms with Crippen LogP contribution in [0.2, 0.25) is 0 Å². The highest BCUT2D eigenvalue weighted by molar-refractivity contribution is 5.93. The summed E-state index contributed by atoms with van der Waals surface area (Å²) >= 11 is 0. The number of hydrogen-bond acceptors (Lipinski definition) is 7. The van der Waals surface area contributed by atoms with Gasteiger partial charge in [-0.25, -0.2) is 0 Å². The third-order valence-electron chi connectivity index (χ3n) is 5.55. The Morgan fingerprint density at radius 2 is 2.21 bits per heavy atom. The number of methoxy groups -OCH3 is 1. The molecular weight excluding hydrogens is 360 g/mol. The first-order valence-electron chi connectivity index (χ1n) is 9.69. The predicted octanol–water partition coefficient (Wildman–Crippen LogP) is 3.03. The number of likely N-dealkylation sites (tertiary alicyclic amines) is 1. The largest absolute Gasteiger partial charge is 0.497 e. The molecule has 1 amide bonds. The Kier molecular flexibility index (Phi) is 4.18. The van der Waals surface area contributed by atoms with Crippen LogP contribution >= 0.6 is 0 Å². The van der Waals surface area contributed by atoms with E-state index in [1.54, 1.807) is 7.11 Å². The van der Waals surface area contributed by atoms with Gasteiger partial charge < -0.3 is 23.9 Å². The van der Waals surface area contributed by atoms with Crippen molar-refractivity contribution in [3.05, 3.63) is 35.2 Å². The minimum absolute atomic E-state index is 0.0674. The van der Waals surface area contributed by atoms with E-state index >= 15 is 0 Å². The Balaban J connectivity index is 1.27. The van der Waals surface area contributed by atoms with Crippen LogP contribution in [-0.2, 0) is 12.8 Å². The monoisotopic (exact) mass is 382 g/mol. The van der Waals surface area contributed by atoms with Gasteiger partial charge in [-0.05, 0) is 44.2 Å². The molecule has 0 spiro atoms. The normalized spacial score (nSPS) is 19.0. The second-order valence-corrected chi connectivity index (χ2v) is 7.38. The van der Waals surface area contributed by atoms with E-state index in [4.69, 9.17) is 13.7 Å². The van der Waals surface area contributed by atoms with Crippen LogP contribution in [0.15, 0.2) is 27.1 Å². The van der Waals surface area contributed by atoms with Crippen molar-refractivity contribution in [3.8, 4) is 5.75 Å². The van der Waals surface area contributed by atoms with Crippen LogP contribution in [0.1, 0.15) is 41.1 Å². The molecule has 1 aliphatic heterocycles. The molecule has 1 N–H and O–H groups in total. The van der Waals surface area contributed by atoms with Crippen molar-refractivity contribution in [2.45, 2.75) is 38.1 Å². The van der Waals surface area contributed by atoms with Gasteiger partial charge in [0.15, 0.2) is 5.58 Å². The Bertz CT molecular complexity index is 1020. The Morgan fingerprint density at radius 3 is 3.11 bits per heavy atom. The zero-order valence-corrected chi connectivity index (χ0v) is 15.7. The molecule has 5 rings (SSSR count). The maximum atomic E-state index is 12.9. The van der Waals surface area contributed by atoms with Crippen molar-refractivity contribution in [2.75, 3.05) is 25.5 Å². The first kappa shape index (κ1) is 17.1. The highest BCUT2D eigenvalue weighted by atomic mass is 16.5. The number of rotatable bonds is 4. The molecule has 1 saturated heterocycles. The highest BCUT2D eigenvalue weighted by Gasteiger charge is 2.32. The number of oxazole rings is 1. The van der Waals surface area contributed by atoms with Crippen LogP contribution in [0.4, 0.5) is 6.01 Å². The smallest absolute Gasteiger partial charge is 0.295 e. The van der Waals surface area contributed by atoms with Crippen molar-refractivity contribution in [1.82, 2.24) is 15.0 Å². The number of amides is 1. The second-order valence-electron chi connectivity index (χ2n) is 7.38. The number of ether oxygens (including phenoxy) is 1. The molecule has 28 heavy (non-hydrogen) atoms. The molecule has 0 unspecified atom stereocenters. The van der Waals surface area contributed by atoms with Gasteiger partial charge in [-0.3, -0.25) is 4.79 Å². The molecule has 1 aromatic carbocycles. The quantitative estimate of drug-likeness (QED) is 0.741. The van der Waals surface area contributed by atoms with Crippen molar-refractivity contribution in [3.63, 3.8) is 0 Å². The fourth-order valence-corrected chi connectivity index (χ4v) is 4.04. The maximum Gasteiger partial charge on any atom is 0.295 e. The van der Waals surface area contributed by atoms with Gasteiger partial charge in [0.1, 0.15) is 11.3 Å². The average molecular weight is 382 g/mol. The van der Waals surface area contributed by atoms with Gasteiger partial charge >= 0.3 is 0 Å². The number of aryl methyl sites for hydroxylation is 1. The number of nitrogens with one attached hydrogen (secondary N) is 1. The lowest BCUT2D eigenvalue weighted by atomic mass is 9.96. The van der Waals surface area contributed by atoms with Crippen molar-refractivity contribution in [1.29, 1.82) is 0 Å². The number of hydrogen-bond donors (Lipinski definition) is 1. The zero-order valence-electron chi connectivity index (χ0n) is 15.7. The maximum absolute atomic E-state index is 12.9. The first-order valence-corrected chi connectivity index (χ1v) is 9.69. The average Bonchev–Trinajstić information content (AvgIpc) is 3.44. The van der Waals surface area contributed by atoms with Crippen LogP contribution in [0.5, 0.6) is 5.75 Å². The molecule has 3 aromatic rings. The molecule has 1 fully saturated rings. The molecule has 0 bridgehead atoms. The third-order valence-corrected chi connectivity index (χ3v) is 5.55. The summed E-state index contributed by atoms with van der Waals surface area (Å²) in [4.78, 5) is 19.2. The molecule has 8 nitrogen and oxygen atoms in total. The van der Waals surface area contributed by atoms with E-state index in [0.29, 0.717) is 30.4 Å². The Morgan fingerprint density at radius 1 is 1.32 bits per heavy atom. The van der Waals surface area contributed by atoms with Gasteiger partial charge in [-0.1, -0.05) is 5.16 Å². The predicted molar refractivity (Wildman–Crippen MR) is 102 cm³/mol. The van der Waals surface area contributed by atoms with E-state index in [-0.39, 0.29) is 11.9 Å². The van der Waals surface area contributed by atoms with Gasteiger partial charge in [0.05, 0.1) is 12.8 Å². The third kappa shape index (κ3) is 2.98. The lowest BCUT2D eigenvalue weighted by Crippen LogP contribution is -2.32. The van der Waals surface area contributed by atoms with Gasteiger partial charge in [-0.15, -0.1) is 0 Å². The van der Waals surface area contributed by atoms with Crippen molar-refractivity contribution in [2.24, 2.45) is 0 Å². The molecule has 0 radical (unpaired) electrons. The molecule has 2 aromatic heterocycles. The fraction of sp³-hybridized carbons (Fsp3) is 0.450. The molecule has 3 heterocycles. The molecule has 8 heteroatoms. The number of fused-ring (bicyclic) bond motifs is 2. The topological polar surface area (TPSA) is 93.6 Å². The van der Waals surface area contributed by atoms with Crippen LogP contribution in [0, 0.1) is 0 Å². The van der Waals surface area contributed by atoms with Crippen LogP contribution in [0.25, 0.3) is 11.1 Å². The van der Waals surface area contributed by atoms with Gasteiger partial charge in [-0.2, -0.15) is 4.98 Å². The SMILES string of the molecule is COc1ccc2oc(N[C@@H]3CCN(C(=O)c4onc5c4CCCC5)C3)nc2c1. The number of benzene rings is 1. The standard InChI is InChI=1S/C20H22N4O4/c1-26-13-6-7-17-16(10-13)22-20(27-17)21-12-8-9-24(11-12)19(25)18-14-4-2-3-5-15(14)23-28-18/h6-7,10,12H,2-5,8-9,11H2,1H3,(H,21,22)/t12-/m1/s1. The number of nitrogens with zero attached hydrogens (tertiary/aromatic N) is 3. The molecule has 1 aliphatic carbocycles. The molecule has 146 valence electrons. The molecular formula is C20H22N4O4. The Hall–Kier alpha value is -3.03. The van der Waals surface area contributed by atoms with Crippen LogP contribution in [-0.4, -0.2) is 47.2 Å². The van der Waals surface area contributed by atoms with Gasteiger partial charge in [0.25, 0.3) is 11.9 Å². The van der Waals surface area contributed by atoms with E-state index < -0.39 is 0 Å². The number of carbonyl (C=O) groups excluding carboxylic acids is 1. The summed E-state index contributed by atoms with van der Waals surface area (Å²) in [5.41, 5.74) is 3.38. The molecule has 1 atom stereocenters. The van der Waals surface area contributed by atoms with E-state index in [2.05, 4.69) is 15.5 Å². The number of anilines is 1. The summed E-state index contributed by atoms with van der Waals surface area (Å²) < 4.78 is 16.4. The van der Waals surface area contributed by atoms with Gasteiger partial charge in [0.2, 0.25) is 5.76 Å². The zero-order chi connectivity index (χ0) is 19.1. The van der Waals surface area contributed by atoms with E-state index in [0.717, 1.165) is 54.6 Å². The summed E-state index contributed by atoms with van der Waals surface area (Å²) in [5.74, 6) is 1.09. The Labute approximate surface area is 161 Å². The van der Waals surface area contributed by atoms with Crippen molar-refractivity contribution >= 4 is 23.0 Å². The number of aromatic nitrogens is 2. The van der Waals surface area contributed by atoms with E-state index in [1.165, 1.54) is 0 Å². The highest BCUT2D eigenvalue weighted by Crippen LogP contribution is 2.27. The molecule has 0 saturated carbocycles. The first-order chi connectivity index (χ1) is 13.7. The van der Waals surface area contributed by atoms with E-state index in [9.17, 15) is 4.79 Å². The molecule has 2 aliphatic rings. The summed E-state index contributed by atoms with van der Waals surface area (Å²) in [6.45, 7) is 1.25.